The minimum atomic E-state index is -0.562. The van der Waals surface area contributed by atoms with Crippen LogP contribution in [-0.2, 0) is 16.1 Å². The Labute approximate surface area is 102 Å². The normalized spacial score (nSPS) is 12.3. The molecule has 0 aliphatic carbocycles. The van der Waals surface area contributed by atoms with Crippen LogP contribution < -0.4 is 10.5 Å². The highest BCUT2D eigenvalue weighted by Gasteiger charge is 2.18. The van der Waals surface area contributed by atoms with Crippen molar-refractivity contribution in [2.75, 3.05) is 7.11 Å². The maximum atomic E-state index is 11.5. The van der Waals surface area contributed by atoms with E-state index in [0.717, 1.165) is 11.3 Å². The molecule has 0 amide bonds. The van der Waals surface area contributed by atoms with Gasteiger partial charge in [-0.15, -0.1) is 0 Å². The summed E-state index contributed by atoms with van der Waals surface area (Å²) >= 11 is 0. The molecule has 0 radical (unpaired) electrons. The molecule has 0 bridgehead atoms. The Morgan fingerprint density at radius 3 is 2.35 bits per heavy atom. The number of carbonyl (C=O) groups is 1. The van der Waals surface area contributed by atoms with E-state index in [2.05, 4.69) is 0 Å². The zero-order chi connectivity index (χ0) is 12.8. The molecule has 1 aromatic rings. The maximum absolute atomic E-state index is 11.5. The highest BCUT2D eigenvalue weighted by atomic mass is 16.5. The first-order chi connectivity index (χ1) is 8.04. The number of ether oxygens (including phenoxy) is 2. The third kappa shape index (κ3) is 4.07. The van der Waals surface area contributed by atoms with Crippen LogP contribution in [0.15, 0.2) is 24.3 Å². The summed E-state index contributed by atoms with van der Waals surface area (Å²) in [7, 11) is 1.61. The molecule has 1 rings (SSSR count). The molecule has 0 heterocycles. The van der Waals surface area contributed by atoms with Gasteiger partial charge in [-0.2, -0.15) is 0 Å². The summed E-state index contributed by atoms with van der Waals surface area (Å²) in [6.45, 7) is 4.02. The second-order valence-corrected chi connectivity index (χ2v) is 4.23. The number of rotatable bonds is 5. The molecule has 4 nitrogen and oxygen atoms in total. The van der Waals surface area contributed by atoms with Gasteiger partial charge in [-0.1, -0.05) is 26.0 Å². The number of methoxy groups -OCH3 is 1. The number of hydrogen-bond donors (Lipinski definition) is 1. The van der Waals surface area contributed by atoms with Crippen molar-refractivity contribution in [2.45, 2.75) is 26.5 Å². The number of esters is 1. The summed E-state index contributed by atoms with van der Waals surface area (Å²) in [5.74, 6) is 0.494. The largest absolute Gasteiger partial charge is 0.497 e. The molecule has 17 heavy (non-hydrogen) atoms. The molecule has 0 aromatic heterocycles. The van der Waals surface area contributed by atoms with Gasteiger partial charge in [0.15, 0.2) is 0 Å². The fourth-order valence-electron chi connectivity index (χ4n) is 1.24. The van der Waals surface area contributed by atoms with Gasteiger partial charge in [-0.3, -0.25) is 4.79 Å². The minimum Gasteiger partial charge on any atom is -0.497 e. The van der Waals surface area contributed by atoms with Gasteiger partial charge in [0.05, 0.1) is 7.11 Å². The Morgan fingerprint density at radius 2 is 1.88 bits per heavy atom. The third-order valence-corrected chi connectivity index (χ3v) is 2.53. The number of nitrogens with two attached hydrogens (primary N) is 1. The van der Waals surface area contributed by atoms with E-state index in [1.165, 1.54) is 0 Å². The summed E-state index contributed by atoms with van der Waals surface area (Å²) in [5.41, 5.74) is 6.59. The summed E-state index contributed by atoms with van der Waals surface area (Å²) in [5, 5.41) is 0. The predicted molar refractivity (Wildman–Crippen MR) is 65.6 cm³/mol. The van der Waals surface area contributed by atoms with Crippen LogP contribution in [0.4, 0.5) is 0 Å². The van der Waals surface area contributed by atoms with E-state index in [9.17, 15) is 4.79 Å². The van der Waals surface area contributed by atoms with E-state index >= 15 is 0 Å². The molecule has 0 aliphatic heterocycles. The quantitative estimate of drug-likeness (QED) is 0.792. The SMILES string of the molecule is COc1ccc(COC(=O)C(N)C(C)C)cc1. The number of benzene rings is 1. The Morgan fingerprint density at radius 1 is 1.29 bits per heavy atom. The zero-order valence-corrected chi connectivity index (χ0v) is 10.5. The first kappa shape index (κ1) is 13.5. The second-order valence-electron chi connectivity index (χ2n) is 4.23. The summed E-state index contributed by atoms with van der Waals surface area (Å²) < 4.78 is 10.2. The molecule has 0 saturated carbocycles. The summed E-state index contributed by atoms with van der Waals surface area (Å²) in [6, 6.07) is 6.80. The van der Waals surface area contributed by atoms with E-state index in [0.29, 0.717) is 0 Å². The lowest BCUT2D eigenvalue weighted by Crippen LogP contribution is -2.36. The van der Waals surface area contributed by atoms with Gasteiger partial charge in [0.1, 0.15) is 18.4 Å². The first-order valence-corrected chi connectivity index (χ1v) is 5.59. The van der Waals surface area contributed by atoms with Crippen molar-refractivity contribution in [1.29, 1.82) is 0 Å². The Hall–Kier alpha value is -1.55. The highest BCUT2D eigenvalue weighted by molar-refractivity contribution is 5.75. The molecule has 2 N–H and O–H groups in total. The van der Waals surface area contributed by atoms with Crippen molar-refractivity contribution >= 4 is 5.97 Å². The van der Waals surface area contributed by atoms with Gasteiger partial charge in [0.25, 0.3) is 0 Å². The second kappa shape index (κ2) is 6.25. The molecular formula is C13H19NO3. The summed E-state index contributed by atoms with van der Waals surface area (Å²) in [4.78, 5) is 11.5. The lowest BCUT2D eigenvalue weighted by molar-refractivity contribution is -0.147. The van der Waals surface area contributed by atoms with Crippen LogP contribution in [-0.4, -0.2) is 19.1 Å². The van der Waals surface area contributed by atoms with Crippen LogP contribution in [0.1, 0.15) is 19.4 Å². The average molecular weight is 237 g/mol. The Kier molecular flexibility index (Phi) is 4.97. The predicted octanol–water partition coefficient (Wildman–Crippen LogP) is 1.72. The van der Waals surface area contributed by atoms with Crippen molar-refractivity contribution in [3.8, 4) is 5.75 Å². The Bertz CT molecular complexity index is 359. The number of hydrogen-bond acceptors (Lipinski definition) is 4. The smallest absolute Gasteiger partial charge is 0.323 e. The van der Waals surface area contributed by atoms with Gasteiger partial charge in [0, 0.05) is 0 Å². The van der Waals surface area contributed by atoms with Crippen molar-refractivity contribution < 1.29 is 14.3 Å². The molecule has 0 aliphatic rings. The topological polar surface area (TPSA) is 61.5 Å². The van der Waals surface area contributed by atoms with Crippen LogP contribution >= 0.6 is 0 Å². The van der Waals surface area contributed by atoms with Crippen molar-refractivity contribution in [3.63, 3.8) is 0 Å². The van der Waals surface area contributed by atoms with Gasteiger partial charge < -0.3 is 15.2 Å². The van der Waals surface area contributed by atoms with Gasteiger partial charge in [0.2, 0.25) is 0 Å². The molecule has 1 atom stereocenters. The van der Waals surface area contributed by atoms with Crippen LogP contribution in [0, 0.1) is 5.92 Å². The molecule has 4 heteroatoms. The van der Waals surface area contributed by atoms with E-state index in [1.54, 1.807) is 7.11 Å². The van der Waals surface area contributed by atoms with E-state index < -0.39 is 6.04 Å². The van der Waals surface area contributed by atoms with Crippen LogP contribution in [0.25, 0.3) is 0 Å². The maximum Gasteiger partial charge on any atom is 0.323 e. The van der Waals surface area contributed by atoms with E-state index in [4.69, 9.17) is 15.2 Å². The molecule has 0 spiro atoms. The Balaban J connectivity index is 2.47. The zero-order valence-electron chi connectivity index (χ0n) is 10.5. The molecular weight excluding hydrogens is 218 g/mol. The molecule has 94 valence electrons. The standard InChI is InChI=1S/C13H19NO3/c1-9(2)12(14)13(15)17-8-10-4-6-11(16-3)7-5-10/h4-7,9,12H,8,14H2,1-3H3. The fraction of sp³-hybridized carbons (Fsp3) is 0.462. The van der Waals surface area contributed by atoms with Crippen LogP contribution in [0.5, 0.6) is 5.75 Å². The van der Waals surface area contributed by atoms with E-state index in [1.807, 2.05) is 38.1 Å². The lowest BCUT2D eigenvalue weighted by atomic mass is 10.1. The highest BCUT2D eigenvalue weighted by Crippen LogP contribution is 2.12. The van der Waals surface area contributed by atoms with Crippen LogP contribution in [0.2, 0.25) is 0 Å². The molecule has 0 fully saturated rings. The third-order valence-electron chi connectivity index (χ3n) is 2.53. The molecule has 0 saturated heterocycles. The number of carbonyl (C=O) groups excluding carboxylic acids is 1. The molecule has 1 aromatic carbocycles. The van der Waals surface area contributed by atoms with Crippen molar-refractivity contribution in [2.24, 2.45) is 11.7 Å². The summed E-state index contributed by atoms with van der Waals surface area (Å²) in [6.07, 6.45) is 0. The van der Waals surface area contributed by atoms with Crippen molar-refractivity contribution in [1.82, 2.24) is 0 Å². The minimum absolute atomic E-state index is 0.0818. The fourth-order valence-corrected chi connectivity index (χ4v) is 1.24. The van der Waals surface area contributed by atoms with Gasteiger partial charge in [-0.25, -0.2) is 0 Å². The van der Waals surface area contributed by atoms with Crippen LogP contribution in [0.3, 0.4) is 0 Å². The van der Waals surface area contributed by atoms with E-state index in [-0.39, 0.29) is 18.5 Å². The van der Waals surface area contributed by atoms with Gasteiger partial charge in [-0.05, 0) is 23.6 Å². The monoisotopic (exact) mass is 237 g/mol. The van der Waals surface area contributed by atoms with Gasteiger partial charge >= 0.3 is 5.97 Å². The molecule has 1 unspecified atom stereocenters. The van der Waals surface area contributed by atoms with Crippen molar-refractivity contribution in [3.05, 3.63) is 29.8 Å². The first-order valence-electron chi connectivity index (χ1n) is 5.59. The lowest BCUT2D eigenvalue weighted by Gasteiger charge is -2.14. The average Bonchev–Trinajstić information content (AvgIpc) is 2.35.